The summed E-state index contributed by atoms with van der Waals surface area (Å²) in [7, 11) is 0. The molecular weight excluding hydrogens is 314 g/mol. The fraction of sp³-hybridized carbons (Fsp3) is 0.200. The van der Waals surface area contributed by atoms with Gasteiger partial charge in [-0.3, -0.25) is 0 Å². The number of aliphatic hydroxyl groups excluding tert-OH is 1. The van der Waals surface area contributed by atoms with Gasteiger partial charge < -0.3 is 5.11 Å². The molecule has 0 aliphatic heterocycles. The van der Waals surface area contributed by atoms with Gasteiger partial charge >= 0.3 is 0 Å². The molecule has 0 spiro atoms. The van der Waals surface area contributed by atoms with Crippen LogP contribution in [0.3, 0.4) is 0 Å². The molecule has 4 heteroatoms. The molecule has 0 amide bonds. The number of aliphatic hydroxyl groups is 1. The van der Waals surface area contributed by atoms with E-state index < -0.39 is 17.7 Å². The summed E-state index contributed by atoms with van der Waals surface area (Å²) in [6, 6.07) is 8.78. The first-order valence-corrected chi connectivity index (χ1v) is 6.64. The highest BCUT2D eigenvalue weighted by atomic mass is 79.9. The second kappa shape index (κ2) is 5.80. The highest BCUT2D eigenvalue weighted by Crippen LogP contribution is 2.26. The average Bonchev–Trinajstić information content (AvgIpc) is 2.36. The van der Waals surface area contributed by atoms with Crippen LogP contribution in [0.25, 0.3) is 0 Å². The first-order valence-electron chi connectivity index (χ1n) is 5.85. The smallest absolute Gasteiger partial charge is 0.126 e. The quantitative estimate of drug-likeness (QED) is 0.891. The van der Waals surface area contributed by atoms with Gasteiger partial charge in [-0.15, -0.1) is 0 Å². The Bertz CT molecular complexity index is 599. The molecule has 0 saturated carbocycles. The lowest BCUT2D eigenvalue weighted by Crippen LogP contribution is -2.06. The van der Waals surface area contributed by atoms with Crippen LogP contribution in [0, 0.1) is 18.6 Å². The Balaban J connectivity index is 2.27. The number of aryl methyl sites for hydroxylation is 1. The van der Waals surface area contributed by atoms with Crippen molar-refractivity contribution in [3.8, 4) is 0 Å². The van der Waals surface area contributed by atoms with Crippen LogP contribution in [-0.4, -0.2) is 5.11 Å². The van der Waals surface area contributed by atoms with Crippen LogP contribution < -0.4 is 0 Å². The van der Waals surface area contributed by atoms with Gasteiger partial charge in [0.25, 0.3) is 0 Å². The summed E-state index contributed by atoms with van der Waals surface area (Å²) < 4.78 is 27.5. The maximum atomic E-state index is 13.5. The lowest BCUT2D eigenvalue weighted by Gasteiger charge is -2.15. The van der Waals surface area contributed by atoms with Gasteiger partial charge in [0.05, 0.1) is 6.10 Å². The van der Waals surface area contributed by atoms with Gasteiger partial charge in [-0.05, 0) is 53.9 Å². The van der Waals surface area contributed by atoms with Gasteiger partial charge in [0.2, 0.25) is 0 Å². The normalized spacial score (nSPS) is 12.5. The van der Waals surface area contributed by atoms with Crippen LogP contribution in [0.5, 0.6) is 0 Å². The van der Waals surface area contributed by atoms with E-state index >= 15 is 0 Å². The molecule has 0 bridgehead atoms. The van der Waals surface area contributed by atoms with Gasteiger partial charge in [0.1, 0.15) is 11.6 Å². The molecule has 0 aromatic heterocycles. The van der Waals surface area contributed by atoms with Crippen LogP contribution in [0.1, 0.15) is 22.8 Å². The van der Waals surface area contributed by atoms with Gasteiger partial charge in [0, 0.05) is 10.9 Å². The fourth-order valence-corrected chi connectivity index (χ4v) is 2.37. The monoisotopic (exact) mass is 326 g/mol. The van der Waals surface area contributed by atoms with Crippen LogP contribution >= 0.6 is 15.9 Å². The van der Waals surface area contributed by atoms with Gasteiger partial charge in [-0.2, -0.15) is 0 Å². The second-order valence-electron chi connectivity index (χ2n) is 4.46. The zero-order valence-electron chi connectivity index (χ0n) is 10.3. The lowest BCUT2D eigenvalue weighted by molar-refractivity contribution is 0.176. The molecule has 2 aromatic rings. The van der Waals surface area contributed by atoms with Crippen molar-refractivity contribution in [3.05, 3.63) is 69.2 Å². The third kappa shape index (κ3) is 3.39. The molecule has 0 aliphatic carbocycles. The Labute approximate surface area is 119 Å². The Morgan fingerprint density at radius 1 is 1.16 bits per heavy atom. The minimum Gasteiger partial charge on any atom is -0.388 e. The van der Waals surface area contributed by atoms with E-state index in [-0.39, 0.29) is 12.0 Å². The Morgan fingerprint density at radius 3 is 2.63 bits per heavy atom. The fourth-order valence-electron chi connectivity index (χ4n) is 1.99. The van der Waals surface area contributed by atoms with Crippen molar-refractivity contribution in [2.75, 3.05) is 0 Å². The first-order chi connectivity index (χ1) is 8.97. The highest BCUT2D eigenvalue weighted by Gasteiger charge is 2.14. The van der Waals surface area contributed by atoms with Crippen molar-refractivity contribution in [3.63, 3.8) is 0 Å². The van der Waals surface area contributed by atoms with Gasteiger partial charge in [-0.25, -0.2) is 8.78 Å². The standard InChI is InChI=1S/C15H13BrF2O/c1-9-2-3-11(16)8-13(9)15(19)7-10-6-12(17)4-5-14(10)18/h2-6,8,15,19H,7H2,1H3. The van der Waals surface area contributed by atoms with E-state index in [0.717, 1.165) is 28.2 Å². The van der Waals surface area contributed by atoms with Crippen molar-refractivity contribution in [1.82, 2.24) is 0 Å². The maximum absolute atomic E-state index is 13.5. The lowest BCUT2D eigenvalue weighted by atomic mass is 9.97. The Hall–Kier alpha value is -1.26. The summed E-state index contributed by atoms with van der Waals surface area (Å²) in [4.78, 5) is 0. The van der Waals surface area contributed by atoms with Crippen molar-refractivity contribution < 1.29 is 13.9 Å². The topological polar surface area (TPSA) is 20.2 Å². The largest absolute Gasteiger partial charge is 0.388 e. The zero-order valence-corrected chi connectivity index (χ0v) is 11.9. The van der Waals surface area contributed by atoms with Gasteiger partial charge in [0.15, 0.2) is 0 Å². The summed E-state index contributed by atoms with van der Waals surface area (Å²) in [5, 5.41) is 10.2. The molecule has 0 aliphatic rings. The minimum absolute atomic E-state index is 0.0425. The predicted octanol–water partition coefficient (Wildman–Crippen LogP) is 4.31. The van der Waals surface area contributed by atoms with Crippen LogP contribution in [0.15, 0.2) is 40.9 Å². The van der Waals surface area contributed by atoms with Crippen molar-refractivity contribution in [1.29, 1.82) is 0 Å². The number of rotatable bonds is 3. The van der Waals surface area contributed by atoms with E-state index in [2.05, 4.69) is 15.9 Å². The van der Waals surface area contributed by atoms with E-state index in [4.69, 9.17) is 0 Å². The molecule has 2 aromatic carbocycles. The molecule has 1 atom stereocenters. The third-order valence-corrected chi connectivity index (χ3v) is 3.51. The molecule has 0 heterocycles. The highest BCUT2D eigenvalue weighted by molar-refractivity contribution is 9.10. The number of benzene rings is 2. The molecule has 1 N–H and O–H groups in total. The SMILES string of the molecule is Cc1ccc(Br)cc1C(O)Cc1cc(F)ccc1F. The summed E-state index contributed by atoms with van der Waals surface area (Å²) in [6.07, 6.45) is -0.824. The number of halogens is 3. The summed E-state index contributed by atoms with van der Waals surface area (Å²) in [5.41, 5.74) is 1.79. The van der Waals surface area contributed by atoms with Crippen LogP contribution in [0.4, 0.5) is 8.78 Å². The third-order valence-electron chi connectivity index (χ3n) is 3.02. The number of hydrogen-bond donors (Lipinski definition) is 1. The Morgan fingerprint density at radius 2 is 1.89 bits per heavy atom. The van der Waals surface area contributed by atoms with E-state index in [1.165, 1.54) is 0 Å². The molecule has 1 unspecified atom stereocenters. The maximum Gasteiger partial charge on any atom is 0.126 e. The molecular formula is C15H13BrF2O. The number of hydrogen-bond acceptors (Lipinski definition) is 1. The van der Waals surface area contributed by atoms with E-state index in [0.29, 0.717) is 5.56 Å². The average molecular weight is 327 g/mol. The minimum atomic E-state index is -0.867. The van der Waals surface area contributed by atoms with Gasteiger partial charge in [-0.1, -0.05) is 22.0 Å². The molecule has 2 rings (SSSR count). The summed E-state index contributed by atoms with van der Waals surface area (Å²) >= 11 is 3.33. The van der Waals surface area contributed by atoms with Crippen LogP contribution in [0.2, 0.25) is 0 Å². The zero-order chi connectivity index (χ0) is 14.0. The summed E-state index contributed by atoms with van der Waals surface area (Å²) in [5.74, 6) is -1.01. The molecule has 0 fully saturated rings. The summed E-state index contributed by atoms with van der Waals surface area (Å²) in [6.45, 7) is 1.87. The van der Waals surface area contributed by atoms with Crippen molar-refractivity contribution in [2.45, 2.75) is 19.4 Å². The second-order valence-corrected chi connectivity index (χ2v) is 5.37. The Kier molecular flexibility index (Phi) is 4.32. The van der Waals surface area contributed by atoms with E-state index in [9.17, 15) is 13.9 Å². The van der Waals surface area contributed by atoms with E-state index in [1.54, 1.807) is 6.07 Å². The molecule has 0 radical (unpaired) electrons. The van der Waals surface area contributed by atoms with Crippen LogP contribution in [-0.2, 0) is 6.42 Å². The molecule has 19 heavy (non-hydrogen) atoms. The van der Waals surface area contributed by atoms with E-state index in [1.807, 2.05) is 19.1 Å². The molecule has 100 valence electrons. The predicted molar refractivity (Wildman–Crippen MR) is 73.9 cm³/mol. The van der Waals surface area contributed by atoms with Crippen molar-refractivity contribution >= 4 is 15.9 Å². The van der Waals surface area contributed by atoms with Crippen molar-refractivity contribution in [2.24, 2.45) is 0 Å². The first kappa shape index (κ1) is 14.2. The molecule has 1 nitrogen and oxygen atoms in total. The molecule has 0 saturated heterocycles.